The van der Waals surface area contributed by atoms with E-state index in [0.29, 0.717) is 18.0 Å². The molecule has 0 aliphatic carbocycles. The number of nitrogens with zero attached hydrogens (tertiary/aromatic N) is 1. The van der Waals surface area contributed by atoms with Crippen LogP contribution in [-0.2, 0) is 4.74 Å². The van der Waals surface area contributed by atoms with Crippen LogP contribution in [0.3, 0.4) is 0 Å². The summed E-state index contributed by atoms with van der Waals surface area (Å²) in [5.74, 6) is 1.31. The van der Waals surface area contributed by atoms with Gasteiger partial charge in [-0.25, -0.2) is 4.98 Å². The molecule has 0 aromatic carbocycles. The van der Waals surface area contributed by atoms with Gasteiger partial charge < -0.3 is 15.4 Å². The molecule has 1 atom stereocenters. The lowest BCUT2D eigenvalue weighted by molar-refractivity contribution is 0.0948. The lowest BCUT2D eigenvalue weighted by Crippen LogP contribution is -2.26. The SMILES string of the molecule is Cc1cc2cc(n1)NCCCCOCCC(C)CCNC2=O. The smallest absolute Gasteiger partial charge is 0.251 e. The van der Waals surface area contributed by atoms with E-state index in [2.05, 4.69) is 22.5 Å². The predicted octanol–water partition coefficient (Wildman–Crippen LogP) is 2.76. The van der Waals surface area contributed by atoms with Crippen molar-refractivity contribution in [2.24, 2.45) is 5.92 Å². The van der Waals surface area contributed by atoms with Crippen LogP contribution in [0.2, 0.25) is 0 Å². The Morgan fingerprint density at radius 3 is 2.86 bits per heavy atom. The predicted molar refractivity (Wildman–Crippen MR) is 88.2 cm³/mol. The van der Waals surface area contributed by atoms with Crippen molar-refractivity contribution in [1.29, 1.82) is 0 Å². The number of pyridine rings is 1. The number of amides is 1. The van der Waals surface area contributed by atoms with Crippen LogP contribution < -0.4 is 10.6 Å². The largest absolute Gasteiger partial charge is 0.381 e. The second-order valence-corrected chi connectivity index (χ2v) is 6.07. The van der Waals surface area contributed by atoms with Crippen molar-refractivity contribution in [3.05, 3.63) is 23.4 Å². The average Bonchev–Trinajstić information content (AvgIpc) is 2.48. The molecule has 0 saturated carbocycles. The normalized spacial score (nSPS) is 21.7. The maximum atomic E-state index is 12.2. The van der Waals surface area contributed by atoms with Crippen molar-refractivity contribution in [3.63, 3.8) is 0 Å². The number of ether oxygens (including phenoxy) is 1. The molecular weight excluding hydrogens is 278 g/mol. The molecule has 1 amide bonds. The van der Waals surface area contributed by atoms with Gasteiger partial charge >= 0.3 is 0 Å². The fourth-order valence-corrected chi connectivity index (χ4v) is 2.50. The number of aromatic nitrogens is 1. The second-order valence-electron chi connectivity index (χ2n) is 6.07. The summed E-state index contributed by atoms with van der Waals surface area (Å²) in [6.07, 6.45) is 4.10. The van der Waals surface area contributed by atoms with Crippen molar-refractivity contribution in [1.82, 2.24) is 10.3 Å². The highest BCUT2D eigenvalue weighted by Gasteiger charge is 2.10. The van der Waals surface area contributed by atoms with Crippen LogP contribution in [0, 0.1) is 12.8 Å². The first-order chi connectivity index (χ1) is 10.6. The molecule has 0 radical (unpaired) electrons. The van der Waals surface area contributed by atoms with E-state index in [9.17, 15) is 4.79 Å². The zero-order valence-corrected chi connectivity index (χ0v) is 13.7. The summed E-state index contributed by atoms with van der Waals surface area (Å²) in [5.41, 5.74) is 1.53. The third-order valence-electron chi connectivity index (χ3n) is 3.91. The van der Waals surface area contributed by atoms with Gasteiger partial charge in [0.1, 0.15) is 5.82 Å². The summed E-state index contributed by atoms with van der Waals surface area (Å²) in [6, 6.07) is 3.66. The number of carbonyl (C=O) groups excluding carboxylic acids is 1. The third-order valence-corrected chi connectivity index (χ3v) is 3.91. The standard InChI is InChI=1S/C17H27N3O2/c1-13-5-8-19-17(21)15-11-14(2)20-16(12-15)18-7-3-4-9-22-10-6-13/h11-13H,3-10H2,1-2H3,(H,18,20)(H,19,21). The number of fused-ring (bicyclic) bond motifs is 2. The minimum absolute atomic E-state index is 0.0240. The molecule has 22 heavy (non-hydrogen) atoms. The molecule has 5 nitrogen and oxygen atoms in total. The molecule has 2 bridgehead atoms. The van der Waals surface area contributed by atoms with Gasteiger partial charge in [0, 0.05) is 37.6 Å². The van der Waals surface area contributed by atoms with Crippen molar-refractivity contribution < 1.29 is 9.53 Å². The van der Waals surface area contributed by atoms with E-state index < -0.39 is 0 Å². The molecule has 1 aliphatic rings. The zero-order valence-electron chi connectivity index (χ0n) is 13.7. The number of hydrogen-bond acceptors (Lipinski definition) is 4. The zero-order chi connectivity index (χ0) is 15.8. The van der Waals surface area contributed by atoms with Gasteiger partial charge in [0.05, 0.1) is 0 Å². The highest BCUT2D eigenvalue weighted by Crippen LogP contribution is 2.12. The maximum absolute atomic E-state index is 12.2. The van der Waals surface area contributed by atoms with Crippen LogP contribution >= 0.6 is 0 Å². The summed E-state index contributed by atoms with van der Waals surface area (Å²) >= 11 is 0. The lowest BCUT2D eigenvalue weighted by Gasteiger charge is -2.14. The van der Waals surface area contributed by atoms with Gasteiger partial charge in [0.25, 0.3) is 5.91 Å². The van der Waals surface area contributed by atoms with Gasteiger partial charge in [-0.3, -0.25) is 4.79 Å². The summed E-state index contributed by atoms with van der Waals surface area (Å²) in [7, 11) is 0. The van der Waals surface area contributed by atoms with E-state index in [1.54, 1.807) is 0 Å². The Kier molecular flexibility index (Phi) is 6.65. The van der Waals surface area contributed by atoms with Crippen molar-refractivity contribution in [2.45, 2.75) is 39.5 Å². The van der Waals surface area contributed by atoms with Crippen LogP contribution in [0.5, 0.6) is 0 Å². The summed E-state index contributed by atoms with van der Waals surface area (Å²) < 4.78 is 5.66. The highest BCUT2D eigenvalue weighted by molar-refractivity contribution is 5.94. The molecule has 0 saturated heterocycles. The van der Waals surface area contributed by atoms with Crippen LogP contribution in [0.1, 0.15) is 48.7 Å². The van der Waals surface area contributed by atoms with Crippen LogP contribution in [0.15, 0.2) is 12.1 Å². The number of nitrogens with one attached hydrogen (secondary N) is 2. The van der Waals surface area contributed by atoms with Gasteiger partial charge in [-0.2, -0.15) is 0 Å². The molecule has 1 aliphatic heterocycles. The monoisotopic (exact) mass is 305 g/mol. The summed E-state index contributed by atoms with van der Waals surface area (Å²) in [5, 5.41) is 6.28. The van der Waals surface area contributed by atoms with E-state index in [1.807, 2.05) is 19.1 Å². The lowest BCUT2D eigenvalue weighted by atomic mass is 10.0. The van der Waals surface area contributed by atoms with E-state index in [-0.39, 0.29) is 5.91 Å². The topological polar surface area (TPSA) is 63.3 Å². The van der Waals surface area contributed by atoms with Crippen molar-refractivity contribution in [2.75, 3.05) is 31.6 Å². The number of aryl methyl sites for hydroxylation is 1. The molecule has 0 fully saturated rings. The van der Waals surface area contributed by atoms with Crippen LogP contribution in [-0.4, -0.2) is 37.2 Å². The number of anilines is 1. The van der Waals surface area contributed by atoms with E-state index >= 15 is 0 Å². The molecular formula is C17H27N3O2. The molecule has 122 valence electrons. The Bertz CT molecular complexity index is 491. The maximum Gasteiger partial charge on any atom is 0.251 e. The molecule has 1 unspecified atom stereocenters. The Morgan fingerprint density at radius 2 is 2.00 bits per heavy atom. The first-order valence-corrected chi connectivity index (χ1v) is 8.23. The molecule has 0 spiro atoms. The van der Waals surface area contributed by atoms with Crippen LogP contribution in [0.4, 0.5) is 5.82 Å². The second kappa shape index (κ2) is 8.73. The van der Waals surface area contributed by atoms with E-state index in [1.165, 1.54) is 0 Å². The Morgan fingerprint density at radius 1 is 1.14 bits per heavy atom. The average molecular weight is 305 g/mol. The first kappa shape index (κ1) is 16.7. The van der Waals surface area contributed by atoms with Gasteiger partial charge in [-0.1, -0.05) is 6.92 Å². The summed E-state index contributed by atoms with van der Waals surface area (Å²) in [4.78, 5) is 16.7. The molecule has 1 aromatic rings. The number of carbonyl (C=O) groups is 1. The van der Waals surface area contributed by atoms with Gasteiger partial charge in [0.2, 0.25) is 0 Å². The number of rotatable bonds is 0. The molecule has 2 rings (SSSR count). The first-order valence-electron chi connectivity index (χ1n) is 8.23. The van der Waals surface area contributed by atoms with Gasteiger partial charge in [-0.05, 0) is 50.7 Å². The van der Waals surface area contributed by atoms with Crippen LogP contribution in [0.25, 0.3) is 0 Å². The summed E-state index contributed by atoms with van der Waals surface area (Å²) in [6.45, 7) is 7.29. The van der Waals surface area contributed by atoms with Crippen molar-refractivity contribution in [3.8, 4) is 0 Å². The fraction of sp³-hybridized carbons (Fsp3) is 0.647. The Hall–Kier alpha value is -1.62. The highest BCUT2D eigenvalue weighted by atomic mass is 16.5. The molecule has 1 aromatic heterocycles. The third kappa shape index (κ3) is 5.64. The fourth-order valence-electron chi connectivity index (χ4n) is 2.50. The Labute approximate surface area is 132 Å². The van der Waals surface area contributed by atoms with Gasteiger partial charge in [0.15, 0.2) is 0 Å². The Balaban J connectivity index is 2.03. The molecule has 2 heterocycles. The minimum Gasteiger partial charge on any atom is -0.381 e. The molecule has 2 N–H and O–H groups in total. The minimum atomic E-state index is -0.0240. The van der Waals surface area contributed by atoms with E-state index in [4.69, 9.17) is 4.74 Å². The number of hydrogen-bond donors (Lipinski definition) is 2. The molecule has 5 heteroatoms. The van der Waals surface area contributed by atoms with E-state index in [0.717, 1.165) is 57.0 Å². The van der Waals surface area contributed by atoms with Gasteiger partial charge in [-0.15, -0.1) is 0 Å². The van der Waals surface area contributed by atoms with Crippen molar-refractivity contribution >= 4 is 11.7 Å². The quantitative estimate of drug-likeness (QED) is 0.773.